The van der Waals surface area contributed by atoms with Crippen LogP contribution in [0, 0.1) is 11.3 Å². The number of H-pyrrole nitrogens is 1. The first-order valence-corrected chi connectivity index (χ1v) is 8.53. The van der Waals surface area contributed by atoms with Gasteiger partial charge in [-0.15, -0.1) is 0 Å². The van der Waals surface area contributed by atoms with Gasteiger partial charge in [0.1, 0.15) is 12.4 Å². The number of nitrogens with two attached hydrogens (primary N) is 1. The van der Waals surface area contributed by atoms with Crippen molar-refractivity contribution in [3.63, 3.8) is 0 Å². The summed E-state index contributed by atoms with van der Waals surface area (Å²) in [6, 6.07) is 12.0. The number of hydrogen-bond acceptors (Lipinski definition) is 7. The Bertz CT molecular complexity index is 1070. The SMILES string of the molecule is CC(=O)Nc1cc(NC(C)=O)cc(N(c2ccc(C#N)c(N)c2)c2ncn[nH]2)c1. The summed E-state index contributed by atoms with van der Waals surface area (Å²) in [6.45, 7) is 2.78. The van der Waals surface area contributed by atoms with Gasteiger partial charge in [0.15, 0.2) is 0 Å². The van der Waals surface area contributed by atoms with Crippen molar-refractivity contribution in [1.82, 2.24) is 15.2 Å². The maximum absolute atomic E-state index is 11.6. The molecule has 0 saturated heterocycles. The first-order valence-electron chi connectivity index (χ1n) is 8.53. The van der Waals surface area contributed by atoms with Crippen molar-refractivity contribution >= 4 is 46.2 Å². The van der Waals surface area contributed by atoms with Gasteiger partial charge < -0.3 is 16.4 Å². The average molecular weight is 390 g/mol. The summed E-state index contributed by atoms with van der Waals surface area (Å²) in [5, 5.41) is 21.2. The van der Waals surface area contributed by atoms with Crippen LogP contribution in [0.5, 0.6) is 0 Å². The summed E-state index contributed by atoms with van der Waals surface area (Å²) >= 11 is 0. The maximum Gasteiger partial charge on any atom is 0.230 e. The van der Waals surface area contributed by atoms with E-state index in [1.165, 1.54) is 20.2 Å². The van der Waals surface area contributed by atoms with Crippen LogP contribution in [0.15, 0.2) is 42.7 Å². The number of carbonyl (C=O) groups is 2. The largest absolute Gasteiger partial charge is 0.398 e. The summed E-state index contributed by atoms with van der Waals surface area (Å²) in [4.78, 5) is 29.0. The number of rotatable bonds is 5. The molecule has 5 N–H and O–H groups in total. The van der Waals surface area contributed by atoms with Crippen molar-refractivity contribution in [2.75, 3.05) is 21.3 Å². The highest BCUT2D eigenvalue weighted by atomic mass is 16.2. The summed E-state index contributed by atoms with van der Waals surface area (Å²) < 4.78 is 0. The molecule has 10 heteroatoms. The zero-order valence-electron chi connectivity index (χ0n) is 15.7. The minimum absolute atomic E-state index is 0.259. The maximum atomic E-state index is 11.6. The lowest BCUT2D eigenvalue weighted by atomic mass is 10.1. The number of nitrogens with one attached hydrogen (secondary N) is 3. The second-order valence-corrected chi connectivity index (χ2v) is 6.16. The summed E-state index contributed by atoms with van der Waals surface area (Å²) in [6.07, 6.45) is 1.35. The van der Waals surface area contributed by atoms with Crippen LogP contribution in [0.2, 0.25) is 0 Å². The number of aromatic amines is 1. The monoisotopic (exact) mass is 390 g/mol. The van der Waals surface area contributed by atoms with Crippen molar-refractivity contribution in [2.45, 2.75) is 13.8 Å². The number of hydrogen-bond donors (Lipinski definition) is 4. The van der Waals surface area contributed by atoms with E-state index in [1.54, 1.807) is 41.3 Å². The number of benzene rings is 2. The Hall–Kier alpha value is -4.39. The van der Waals surface area contributed by atoms with Crippen LogP contribution in [-0.2, 0) is 9.59 Å². The second kappa shape index (κ2) is 8.10. The van der Waals surface area contributed by atoms with Crippen LogP contribution in [0.1, 0.15) is 19.4 Å². The fraction of sp³-hybridized carbons (Fsp3) is 0.105. The number of anilines is 6. The average Bonchev–Trinajstić information content (AvgIpc) is 3.15. The molecule has 2 aromatic carbocycles. The topological polar surface area (TPSA) is 153 Å². The van der Waals surface area contributed by atoms with Crippen LogP contribution in [-0.4, -0.2) is 27.0 Å². The number of aromatic nitrogens is 3. The molecule has 3 rings (SSSR count). The van der Waals surface area contributed by atoms with Crippen LogP contribution in [0.25, 0.3) is 0 Å². The zero-order chi connectivity index (χ0) is 21.0. The summed E-state index contributed by atoms with van der Waals surface area (Å²) in [7, 11) is 0. The van der Waals surface area contributed by atoms with E-state index < -0.39 is 0 Å². The molecule has 10 nitrogen and oxygen atoms in total. The fourth-order valence-electron chi connectivity index (χ4n) is 2.78. The first kappa shape index (κ1) is 19.4. The first-order chi connectivity index (χ1) is 13.9. The van der Waals surface area contributed by atoms with Crippen molar-refractivity contribution in [1.29, 1.82) is 5.26 Å². The molecule has 146 valence electrons. The molecule has 0 fully saturated rings. The number of carbonyl (C=O) groups excluding carboxylic acids is 2. The predicted molar refractivity (Wildman–Crippen MR) is 109 cm³/mol. The lowest BCUT2D eigenvalue weighted by Gasteiger charge is -2.24. The van der Waals surface area contributed by atoms with E-state index in [0.29, 0.717) is 39.9 Å². The summed E-state index contributed by atoms with van der Waals surface area (Å²) in [5.74, 6) is -0.141. The highest BCUT2D eigenvalue weighted by Gasteiger charge is 2.18. The highest BCUT2D eigenvalue weighted by Crippen LogP contribution is 2.36. The number of amides is 2. The second-order valence-electron chi connectivity index (χ2n) is 6.16. The predicted octanol–water partition coefficient (Wildman–Crippen LogP) is 2.65. The van der Waals surface area contributed by atoms with Crippen molar-refractivity contribution in [2.24, 2.45) is 0 Å². The van der Waals surface area contributed by atoms with Gasteiger partial charge in [-0.3, -0.25) is 14.5 Å². The smallest absolute Gasteiger partial charge is 0.230 e. The van der Waals surface area contributed by atoms with Gasteiger partial charge in [-0.1, -0.05) is 0 Å². The molecule has 0 aliphatic carbocycles. The minimum Gasteiger partial charge on any atom is -0.398 e. The molecule has 0 spiro atoms. The highest BCUT2D eigenvalue weighted by molar-refractivity contribution is 5.94. The molecular formula is C19H18N8O2. The molecule has 1 aromatic heterocycles. The molecule has 0 aliphatic rings. The van der Waals surface area contributed by atoms with Crippen LogP contribution >= 0.6 is 0 Å². The number of nitrogen functional groups attached to an aromatic ring is 1. The van der Waals surface area contributed by atoms with E-state index >= 15 is 0 Å². The van der Waals surface area contributed by atoms with Crippen molar-refractivity contribution in [3.05, 3.63) is 48.3 Å². The molecule has 0 atom stereocenters. The van der Waals surface area contributed by atoms with E-state index in [0.717, 1.165) is 0 Å². The van der Waals surface area contributed by atoms with Crippen molar-refractivity contribution < 1.29 is 9.59 Å². The van der Waals surface area contributed by atoms with E-state index in [-0.39, 0.29) is 11.8 Å². The standard InChI is InChI=1S/C19H18N8O2/c1-11(28)24-14-5-15(25-12(2)29)7-17(6-14)27(19-22-10-23-26-19)16-4-3-13(9-20)18(21)8-16/h3-8,10H,21H2,1-2H3,(H,24,28)(H,25,29)(H,22,23,26). The molecule has 1 heterocycles. The van der Waals surface area contributed by atoms with Gasteiger partial charge in [0.25, 0.3) is 0 Å². The van der Waals surface area contributed by atoms with Crippen LogP contribution in [0.4, 0.5) is 34.4 Å². The molecule has 0 radical (unpaired) electrons. The zero-order valence-corrected chi connectivity index (χ0v) is 15.7. The van der Waals surface area contributed by atoms with Gasteiger partial charge >= 0.3 is 0 Å². The number of nitrogens with zero attached hydrogens (tertiary/aromatic N) is 4. The normalized spacial score (nSPS) is 10.1. The van der Waals surface area contributed by atoms with Crippen LogP contribution < -0.4 is 21.3 Å². The molecule has 29 heavy (non-hydrogen) atoms. The molecule has 0 bridgehead atoms. The minimum atomic E-state index is -0.259. The quantitative estimate of drug-likeness (QED) is 0.488. The van der Waals surface area contributed by atoms with Gasteiger partial charge in [-0.25, -0.2) is 5.10 Å². The van der Waals surface area contributed by atoms with Crippen molar-refractivity contribution in [3.8, 4) is 6.07 Å². The Morgan fingerprint density at radius 2 is 1.72 bits per heavy atom. The van der Waals surface area contributed by atoms with Gasteiger partial charge in [-0.05, 0) is 36.4 Å². The van der Waals surface area contributed by atoms with Crippen LogP contribution in [0.3, 0.4) is 0 Å². The lowest BCUT2D eigenvalue weighted by Crippen LogP contribution is -2.15. The third-order valence-corrected chi connectivity index (χ3v) is 3.84. The van der Waals surface area contributed by atoms with E-state index in [1.807, 2.05) is 6.07 Å². The lowest BCUT2D eigenvalue weighted by molar-refractivity contribution is -0.115. The molecule has 3 aromatic rings. The Morgan fingerprint density at radius 3 is 2.21 bits per heavy atom. The molecule has 2 amide bonds. The van der Waals surface area contributed by atoms with Gasteiger partial charge in [0.05, 0.1) is 22.6 Å². The third kappa shape index (κ3) is 4.48. The summed E-state index contributed by atoms with van der Waals surface area (Å²) in [5.41, 5.74) is 8.76. The van der Waals surface area contributed by atoms with E-state index in [4.69, 9.17) is 11.0 Å². The molecular weight excluding hydrogens is 372 g/mol. The fourth-order valence-corrected chi connectivity index (χ4v) is 2.78. The molecule has 0 aliphatic heterocycles. The van der Waals surface area contributed by atoms with Gasteiger partial charge in [0, 0.05) is 25.2 Å². The third-order valence-electron chi connectivity index (χ3n) is 3.84. The Labute approximate surface area is 166 Å². The number of nitriles is 1. The molecule has 0 saturated carbocycles. The van der Waals surface area contributed by atoms with Gasteiger partial charge in [0.2, 0.25) is 17.8 Å². The van der Waals surface area contributed by atoms with E-state index in [2.05, 4.69) is 25.8 Å². The van der Waals surface area contributed by atoms with Gasteiger partial charge in [-0.2, -0.15) is 15.3 Å². The van der Waals surface area contributed by atoms with E-state index in [9.17, 15) is 9.59 Å². The Balaban J connectivity index is 2.17. The Kier molecular flexibility index (Phi) is 5.41. The Morgan fingerprint density at radius 1 is 1.07 bits per heavy atom. The molecule has 0 unspecified atom stereocenters.